The molecule has 0 aromatic heterocycles. The van der Waals surface area contributed by atoms with Crippen molar-refractivity contribution in [2.75, 3.05) is 0 Å². The Bertz CT molecular complexity index is 430. The smallest absolute Gasteiger partial charge is 0.277 e. The van der Waals surface area contributed by atoms with E-state index in [0.29, 0.717) is 11.8 Å². The molecule has 1 heterocycles. The van der Waals surface area contributed by atoms with E-state index in [4.69, 9.17) is 0 Å². The lowest BCUT2D eigenvalue weighted by Crippen LogP contribution is -2.64. The number of hydrogen-bond acceptors (Lipinski definition) is 3. The Kier molecular flexibility index (Phi) is 3.41. The van der Waals surface area contributed by atoms with Crippen LogP contribution in [0.2, 0.25) is 0 Å². The summed E-state index contributed by atoms with van der Waals surface area (Å²) >= 11 is 0. The zero-order valence-electron chi connectivity index (χ0n) is 12.0. The lowest BCUT2D eigenvalue weighted by atomic mass is 9.86. The molecule has 3 atom stereocenters. The average molecular weight is 266 g/mol. The van der Waals surface area contributed by atoms with Crippen LogP contribution in [0.3, 0.4) is 0 Å². The van der Waals surface area contributed by atoms with E-state index >= 15 is 0 Å². The van der Waals surface area contributed by atoms with Gasteiger partial charge in [0.15, 0.2) is 0 Å². The largest absolute Gasteiger partial charge is 0.331 e. The van der Waals surface area contributed by atoms with Gasteiger partial charge in [0.25, 0.3) is 0 Å². The van der Waals surface area contributed by atoms with Crippen LogP contribution in [0.5, 0.6) is 0 Å². The molecule has 1 saturated heterocycles. The summed E-state index contributed by atoms with van der Waals surface area (Å²) in [5, 5.41) is 2.31. The van der Waals surface area contributed by atoms with Gasteiger partial charge in [-0.15, -0.1) is 0 Å². The molecule has 3 unspecified atom stereocenters. The number of hydrogen-bond donors (Lipinski definition) is 1. The van der Waals surface area contributed by atoms with Crippen molar-refractivity contribution < 1.29 is 14.4 Å². The van der Waals surface area contributed by atoms with Crippen LogP contribution in [-0.4, -0.2) is 28.8 Å². The van der Waals surface area contributed by atoms with Crippen molar-refractivity contribution >= 4 is 17.8 Å². The number of urea groups is 1. The van der Waals surface area contributed by atoms with Gasteiger partial charge >= 0.3 is 6.03 Å². The summed E-state index contributed by atoms with van der Waals surface area (Å²) in [6, 6.07) is -0.632. The predicted octanol–water partition coefficient (Wildman–Crippen LogP) is 1.92. The topological polar surface area (TPSA) is 66.5 Å². The van der Waals surface area contributed by atoms with E-state index in [-0.39, 0.29) is 11.9 Å². The van der Waals surface area contributed by atoms with E-state index in [1.807, 2.05) is 0 Å². The van der Waals surface area contributed by atoms with Crippen molar-refractivity contribution in [3.8, 4) is 0 Å². The molecule has 1 saturated carbocycles. The standard InChI is InChI=1S/C14H22N2O3/c1-5-9-6-7-10(8(9)2)16-12(18)14(3,4)11(17)15-13(16)19/h8-10H,5-7H2,1-4H3,(H,15,17,19). The van der Waals surface area contributed by atoms with Crippen LogP contribution < -0.4 is 5.32 Å². The molecule has 2 rings (SSSR count). The van der Waals surface area contributed by atoms with Crippen LogP contribution in [0, 0.1) is 17.3 Å². The first-order chi connectivity index (χ1) is 8.80. The third kappa shape index (κ3) is 2.05. The average Bonchev–Trinajstić information content (AvgIpc) is 2.69. The van der Waals surface area contributed by atoms with Gasteiger partial charge in [-0.3, -0.25) is 19.8 Å². The van der Waals surface area contributed by atoms with Crippen molar-refractivity contribution in [2.24, 2.45) is 17.3 Å². The SMILES string of the molecule is CCC1CCC(N2C(=O)NC(=O)C(C)(C)C2=O)C1C. The van der Waals surface area contributed by atoms with Crippen molar-refractivity contribution in [1.29, 1.82) is 0 Å². The third-order valence-electron chi connectivity index (χ3n) is 4.80. The Labute approximate surface area is 113 Å². The van der Waals surface area contributed by atoms with Gasteiger partial charge in [-0.05, 0) is 38.5 Å². The quantitative estimate of drug-likeness (QED) is 0.776. The molecule has 1 N–H and O–H groups in total. The van der Waals surface area contributed by atoms with E-state index in [1.54, 1.807) is 13.8 Å². The first kappa shape index (κ1) is 14.0. The van der Waals surface area contributed by atoms with E-state index in [0.717, 1.165) is 19.3 Å². The molecule has 0 spiro atoms. The molecule has 19 heavy (non-hydrogen) atoms. The van der Waals surface area contributed by atoms with E-state index < -0.39 is 17.4 Å². The van der Waals surface area contributed by atoms with Crippen LogP contribution in [0.25, 0.3) is 0 Å². The minimum Gasteiger partial charge on any atom is -0.277 e. The van der Waals surface area contributed by atoms with E-state index in [9.17, 15) is 14.4 Å². The third-order valence-corrected chi connectivity index (χ3v) is 4.80. The second kappa shape index (κ2) is 4.62. The summed E-state index contributed by atoms with van der Waals surface area (Å²) in [6.45, 7) is 7.37. The highest BCUT2D eigenvalue weighted by Crippen LogP contribution is 2.39. The Balaban J connectivity index is 2.27. The molecule has 0 aromatic rings. The maximum absolute atomic E-state index is 12.4. The highest BCUT2D eigenvalue weighted by molar-refractivity contribution is 6.18. The summed E-state index contributed by atoms with van der Waals surface area (Å²) in [5.41, 5.74) is -1.15. The molecule has 4 amide bonds. The molecule has 5 heteroatoms. The van der Waals surface area contributed by atoms with Gasteiger partial charge < -0.3 is 0 Å². The number of imide groups is 2. The molecular weight excluding hydrogens is 244 g/mol. The summed E-state index contributed by atoms with van der Waals surface area (Å²) in [7, 11) is 0. The van der Waals surface area contributed by atoms with E-state index in [2.05, 4.69) is 19.2 Å². The first-order valence-electron chi connectivity index (χ1n) is 6.99. The van der Waals surface area contributed by atoms with Crippen LogP contribution in [-0.2, 0) is 9.59 Å². The molecule has 0 radical (unpaired) electrons. The molecule has 0 bridgehead atoms. The van der Waals surface area contributed by atoms with Crippen molar-refractivity contribution in [1.82, 2.24) is 10.2 Å². The van der Waals surface area contributed by atoms with Gasteiger partial charge in [0.1, 0.15) is 5.41 Å². The second-order valence-corrected chi connectivity index (χ2v) is 6.23. The van der Waals surface area contributed by atoms with Crippen molar-refractivity contribution in [3.05, 3.63) is 0 Å². The molecule has 106 valence electrons. The Morgan fingerprint density at radius 2 is 1.89 bits per heavy atom. The second-order valence-electron chi connectivity index (χ2n) is 6.23. The van der Waals surface area contributed by atoms with Crippen molar-refractivity contribution in [2.45, 2.75) is 53.0 Å². The predicted molar refractivity (Wildman–Crippen MR) is 70.1 cm³/mol. The molecule has 0 aromatic carbocycles. The Hall–Kier alpha value is -1.39. The lowest BCUT2D eigenvalue weighted by Gasteiger charge is -2.39. The molecular formula is C14H22N2O3. The fourth-order valence-electron chi connectivity index (χ4n) is 3.27. The monoisotopic (exact) mass is 266 g/mol. The van der Waals surface area contributed by atoms with Gasteiger partial charge in [0.2, 0.25) is 11.8 Å². The zero-order chi connectivity index (χ0) is 14.4. The maximum Gasteiger partial charge on any atom is 0.331 e. The highest BCUT2D eigenvalue weighted by atomic mass is 16.2. The van der Waals surface area contributed by atoms with Crippen LogP contribution >= 0.6 is 0 Å². The van der Waals surface area contributed by atoms with Crippen LogP contribution in [0.4, 0.5) is 4.79 Å². The number of rotatable bonds is 2. The Morgan fingerprint density at radius 1 is 1.26 bits per heavy atom. The molecule has 5 nitrogen and oxygen atoms in total. The highest BCUT2D eigenvalue weighted by Gasteiger charge is 2.51. The van der Waals surface area contributed by atoms with Gasteiger partial charge in [0.05, 0.1) is 0 Å². The molecule has 2 aliphatic rings. The number of nitrogens with zero attached hydrogens (tertiary/aromatic N) is 1. The summed E-state index contributed by atoms with van der Waals surface area (Å²) < 4.78 is 0. The van der Waals surface area contributed by atoms with Crippen molar-refractivity contribution in [3.63, 3.8) is 0 Å². The van der Waals surface area contributed by atoms with Crippen LogP contribution in [0.15, 0.2) is 0 Å². The van der Waals surface area contributed by atoms with Gasteiger partial charge in [-0.2, -0.15) is 0 Å². The molecule has 1 aliphatic carbocycles. The summed E-state index contributed by atoms with van der Waals surface area (Å²) in [4.78, 5) is 37.5. The number of amides is 4. The minimum atomic E-state index is -1.15. The lowest BCUT2D eigenvalue weighted by molar-refractivity contribution is -0.151. The van der Waals surface area contributed by atoms with Gasteiger partial charge in [-0.25, -0.2) is 4.79 Å². The fraction of sp³-hybridized carbons (Fsp3) is 0.786. The number of barbiturate groups is 1. The number of carbonyl (C=O) groups excluding carboxylic acids is 3. The maximum atomic E-state index is 12.4. The minimum absolute atomic E-state index is 0.0789. The fourth-order valence-corrected chi connectivity index (χ4v) is 3.27. The van der Waals surface area contributed by atoms with Gasteiger partial charge in [0, 0.05) is 6.04 Å². The number of nitrogens with one attached hydrogen (secondary N) is 1. The Morgan fingerprint density at radius 3 is 2.42 bits per heavy atom. The number of carbonyl (C=O) groups is 3. The first-order valence-corrected chi connectivity index (χ1v) is 6.99. The normalized spacial score (nSPS) is 34.6. The van der Waals surface area contributed by atoms with Crippen LogP contribution in [0.1, 0.15) is 47.0 Å². The molecule has 1 aliphatic heterocycles. The summed E-state index contributed by atoms with van der Waals surface area (Å²) in [6.07, 6.45) is 2.93. The zero-order valence-corrected chi connectivity index (χ0v) is 12.0. The van der Waals surface area contributed by atoms with Gasteiger partial charge in [-0.1, -0.05) is 20.3 Å². The molecule has 2 fully saturated rings. The summed E-state index contributed by atoms with van der Waals surface area (Å²) in [5.74, 6) is -0.0265. The van der Waals surface area contributed by atoms with E-state index in [1.165, 1.54) is 4.90 Å².